The summed E-state index contributed by atoms with van der Waals surface area (Å²) in [5, 5.41) is 13.0. The molecule has 0 aromatic heterocycles. The summed E-state index contributed by atoms with van der Waals surface area (Å²) >= 11 is 0. The van der Waals surface area contributed by atoms with Crippen molar-refractivity contribution in [2.24, 2.45) is 0 Å². The quantitative estimate of drug-likeness (QED) is 0.676. The number of aliphatic hydroxyl groups excluding tert-OH is 1. The molecule has 1 atom stereocenters. The lowest BCUT2D eigenvalue weighted by atomic mass is 10.0. The number of rotatable bonds is 7. The van der Waals surface area contributed by atoms with Crippen LogP contribution in [0.3, 0.4) is 0 Å². The van der Waals surface area contributed by atoms with Gasteiger partial charge in [0.15, 0.2) is 0 Å². The summed E-state index contributed by atoms with van der Waals surface area (Å²) in [6.07, 6.45) is 0.292. The van der Waals surface area contributed by atoms with Crippen LogP contribution in [0, 0.1) is 0 Å². The molecule has 132 valence electrons. The van der Waals surface area contributed by atoms with Gasteiger partial charge >= 0.3 is 0 Å². The van der Waals surface area contributed by atoms with Gasteiger partial charge in [-0.05, 0) is 28.7 Å². The first-order chi connectivity index (χ1) is 12.7. The molecule has 0 heterocycles. The van der Waals surface area contributed by atoms with Gasteiger partial charge in [0.25, 0.3) is 0 Å². The molecule has 0 fully saturated rings. The predicted molar refractivity (Wildman–Crippen MR) is 105 cm³/mol. The second-order valence-electron chi connectivity index (χ2n) is 6.30. The Morgan fingerprint density at radius 3 is 2.04 bits per heavy atom. The third-order valence-electron chi connectivity index (χ3n) is 4.35. The zero-order chi connectivity index (χ0) is 18.2. The maximum Gasteiger partial charge on any atom is 0.224 e. The summed E-state index contributed by atoms with van der Waals surface area (Å²) in [5.41, 5.74) is 4.16. The van der Waals surface area contributed by atoms with E-state index in [1.165, 1.54) is 5.56 Å². The highest BCUT2D eigenvalue weighted by molar-refractivity contribution is 5.78. The SMILES string of the molecule is O=C(Cc1ccc(-c2ccccc2)cc1)NCCC(O)c1ccccc1. The van der Waals surface area contributed by atoms with E-state index in [2.05, 4.69) is 17.4 Å². The number of nitrogens with one attached hydrogen (secondary N) is 1. The monoisotopic (exact) mass is 345 g/mol. The first kappa shape index (κ1) is 17.9. The van der Waals surface area contributed by atoms with E-state index in [0.29, 0.717) is 19.4 Å². The lowest BCUT2D eigenvalue weighted by Crippen LogP contribution is -2.27. The van der Waals surface area contributed by atoms with Gasteiger partial charge in [-0.15, -0.1) is 0 Å². The van der Waals surface area contributed by atoms with E-state index in [9.17, 15) is 9.90 Å². The number of amides is 1. The van der Waals surface area contributed by atoms with Crippen molar-refractivity contribution in [1.29, 1.82) is 0 Å². The Morgan fingerprint density at radius 1 is 0.808 bits per heavy atom. The lowest BCUT2D eigenvalue weighted by molar-refractivity contribution is -0.120. The van der Waals surface area contributed by atoms with Gasteiger partial charge in [-0.1, -0.05) is 84.9 Å². The van der Waals surface area contributed by atoms with Crippen molar-refractivity contribution in [3.8, 4) is 11.1 Å². The number of hydrogen-bond donors (Lipinski definition) is 2. The number of aliphatic hydroxyl groups is 1. The van der Waals surface area contributed by atoms with Crippen molar-refractivity contribution >= 4 is 5.91 Å². The zero-order valence-electron chi connectivity index (χ0n) is 14.6. The molecule has 3 nitrogen and oxygen atoms in total. The van der Waals surface area contributed by atoms with Crippen LogP contribution < -0.4 is 5.32 Å². The molecule has 0 aliphatic carbocycles. The Kier molecular flexibility index (Phi) is 6.18. The van der Waals surface area contributed by atoms with Crippen molar-refractivity contribution in [1.82, 2.24) is 5.32 Å². The molecule has 0 radical (unpaired) electrons. The van der Waals surface area contributed by atoms with E-state index in [1.807, 2.05) is 72.8 Å². The first-order valence-corrected chi connectivity index (χ1v) is 8.86. The van der Waals surface area contributed by atoms with Crippen LogP contribution in [-0.2, 0) is 11.2 Å². The van der Waals surface area contributed by atoms with E-state index in [0.717, 1.165) is 16.7 Å². The van der Waals surface area contributed by atoms with Crippen molar-refractivity contribution in [2.75, 3.05) is 6.54 Å². The molecule has 3 aromatic rings. The standard InChI is InChI=1S/C23H23NO2/c25-22(21-9-5-2-6-10-21)15-16-24-23(26)17-18-11-13-20(14-12-18)19-7-3-1-4-8-19/h1-14,22,25H,15-17H2,(H,24,26). The molecule has 0 spiro atoms. The van der Waals surface area contributed by atoms with E-state index in [1.54, 1.807) is 0 Å². The van der Waals surface area contributed by atoms with Crippen LogP contribution >= 0.6 is 0 Å². The van der Waals surface area contributed by atoms with Crippen molar-refractivity contribution in [3.05, 3.63) is 96.1 Å². The number of carbonyl (C=O) groups excluding carboxylic acids is 1. The maximum absolute atomic E-state index is 12.1. The lowest BCUT2D eigenvalue weighted by Gasteiger charge is -2.11. The van der Waals surface area contributed by atoms with Gasteiger partial charge in [-0.2, -0.15) is 0 Å². The molecule has 0 aliphatic rings. The predicted octanol–water partition coefficient (Wildman–Crippen LogP) is 4.14. The Bertz CT molecular complexity index is 814. The highest BCUT2D eigenvalue weighted by Gasteiger charge is 2.08. The Labute approximate surface area is 154 Å². The van der Waals surface area contributed by atoms with Crippen LogP contribution in [0.5, 0.6) is 0 Å². The fourth-order valence-corrected chi connectivity index (χ4v) is 2.88. The molecule has 0 aliphatic heterocycles. The van der Waals surface area contributed by atoms with Crippen LogP contribution in [0.2, 0.25) is 0 Å². The van der Waals surface area contributed by atoms with Crippen LogP contribution in [-0.4, -0.2) is 17.6 Å². The van der Waals surface area contributed by atoms with E-state index < -0.39 is 6.10 Å². The topological polar surface area (TPSA) is 49.3 Å². The van der Waals surface area contributed by atoms with E-state index >= 15 is 0 Å². The first-order valence-electron chi connectivity index (χ1n) is 8.86. The molecule has 3 aromatic carbocycles. The average molecular weight is 345 g/mol. The minimum atomic E-state index is -0.554. The molecule has 1 unspecified atom stereocenters. The Hall–Kier alpha value is -2.91. The Balaban J connectivity index is 1.46. The van der Waals surface area contributed by atoms with Gasteiger partial charge in [0.05, 0.1) is 12.5 Å². The maximum atomic E-state index is 12.1. The van der Waals surface area contributed by atoms with Crippen LogP contribution in [0.1, 0.15) is 23.7 Å². The number of hydrogen-bond acceptors (Lipinski definition) is 2. The smallest absolute Gasteiger partial charge is 0.224 e. The zero-order valence-corrected chi connectivity index (χ0v) is 14.6. The summed E-state index contributed by atoms with van der Waals surface area (Å²) < 4.78 is 0. The molecule has 26 heavy (non-hydrogen) atoms. The summed E-state index contributed by atoms with van der Waals surface area (Å²) in [6.45, 7) is 0.455. The largest absolute Gasteiger partial charge is 0.388 e. The summed E-state index contributed by atoms with van der Waals surface area (Å²) in [6, 6.07) is 27.7. The van der Waals surface area contributed by atoms with Gasteiger partial charge in [0.2, 0.25) is 5.91 Å². The second kappa shape index (κ2) is 8.97. The van der Waals surface area contributed by atoms with Crippen LogP contribution in [0.4, 0.5) is 0 Å². The van der Waals surface area contributed by atoms with Crippen molar-refractivity contribution in [2.45, 2.75) is 18.9 Å². The third-order valence-corrected chi connectivity index (χ3v) is 4.35. The highest BCUT2D eigenvalue weighted by Crippen LogP contribution is 2.19. The molecule has 1 amide bonds. The van der Waals surface area contributed by atoms with Gasteiger partial charge in [-0.25, -0.2) is 0 Å². The number of carbonyl (C=O) groups is 1. The normalized spacial score (nSPS) is 11.7. The summed E-state index contributed by atoms with van der Waals surface area (Å²) in [5.74, 6) is -0.0299. The van der Waals surface area contributed by atoms with Gasteiger partial charge in [0.1, 0.15) is 0 Å². The van der Waals surface area contributed by atoms with Gasteiger partial charge in [-0.3, -0.25) is 4.79 Å². The second-order valence-corrected chi connectivity index (χ2v) is 6.30. The summed E-state index contributed by atoms with van der Waals surface area (Å²) in [7, 11) is 0. The van der Waals surface area contributed by atoms with Gasteiger partial charge in [0, 0.05) is 6.54 Å². The minimum Gasteiger partial charge on any atom is -0.388 e. The molecule has 3 heteroatoms. The van der Waals surface area contributed by atoms with Crippen molar-refractivity contribution in [3.63, 3.8) is 0 Å². The molecule has 0 bridgehead atoms. The number of benzene rings is 3. The molecule has 0 saturated carbocycles. The molecule has 0 saturated heterocycles. The molecule has 2 N–H and O–H groups in total. The van der Waals surface area contributed by atoms with Gasteiger partial charge < -0.3 is 10.4 Å². The molecular formula is C23H23NO2. The molecule has 3 rings (SSSR count). The van der Waals surface area contributed by atoms with Crippen LogP contribution in [0.25, 0.3) is 11.1 Å². The average Bonchev–Trinajstić information content (AvgIpc) is 2.70. The third kappa shape index (κ3) is 5.04. The van der Waals surface area contributed by atoms with E-state index in [4.69, 9.17) is 0 Å². The van der Waals surface area contributed by atoms with Crippen LogP contribution in [0.15, 0.2) is 84.9 Å². The fourth-order valence-electron chi connectivity index (χ4n) is 2.88. The molecular weight excluding hydrogens is 322 g/mol. The highest BCUT2D eigenvalue weighted by atomic mass is 16.3. The van der Waals surface area contributed by atoms with Crippen molar-refractivity contribution < 1.29 is 9.90 Å². The fraction of sp³-hybridized carbons (Fsp3) is 0.174. The van der Waals surface area contributed by atoms with E-state index in [-0.39, 0.29) is 5.91 Å². The minimum absolute atomic E-state index is 0.0299. The summed E-state index contributed by atoms with van der Waals surface area (Å²) in [4.78, 5) is 12.1. The Morgan fingerprint density at radius 2 is 1.38 bits per heavy atom.